The maximum Gasteiger partial charge on any atom is 0.241 e. The highest BCUT2D eigenvalue weighted by molar-refractivity contribution is 5.86. The van der Waals surface area contributed by atoms with Gasteiger partial charge in [-0.05, 0) is 12.6 Å². The van der Waals surface area contributed by atoms with Crippen LogP contribution in [0.15, 0.2) is 30.3 Å². The summed E-state index contributed by atoms with van der Waals surface area (Å²) in [5.41, 5.74) is 6.80. The molecule has 0 spiro atoms. The van der Waals surface area contributed by atoms with Crippen molar-refractivity contribution in [1.29, 1.82) is 0 Å². The number of likely N-dealkylation sites (N-methyl/N-ethyl adjacent to an activating group) is 1. The van der Waals surface area contributed by atoms with Gasteiger partial charge in [-0.2, -0.15) is 0 Å². The van der Waals surface area contributed by atoms with Crippen LogP contribution in [0.1, 0.15) is 11.6 Å². The zero-order valence-corrected chi connectivity index (χ0v) is 15.8. The number of carbonyl (C=O) groups excluding carboxylic acids is 1. The fraction of sp³-hybridized carbons (Fsp3) is 0.533. The molecule has 1 aromatic rings. The highest BCUT2D eigenvalue weighted by Crippen LogP contribution is 2.08. The Labute approximate surface area is 157 Å². The van der Waals surface area contributed by atoms with Gasteiger partial charge >= 0.3 is 0 Å². The number of amides is 1. The lowest BCUT2D eigenvalue weighted by molar-refractivity contribution is -0.122. The second kappa shape index (κ2) is 12.8. The summed E-state index contributed by atoms with van der Waals surface area (Å²) in [7, 11) is 2.14. The number of nitrogens with two attached hydrogens (primary N) is 1. The lowest BCUT2D eigenvalue weighted by Crippen LogP contribution is -2.47. The predicted molar refractivity (Wildman–Crippen MR) is 102 cm³/mol. The van der Waals surface area contributed by atoms with E-state index in [0.29, 0.717) is 6.54 Å². The molecule has 0 bridgehead atoms. The third-order valence-corrected chi connectivity index (χ3v) is 3.76. The second-order valence-corrected chi connectivity index (χ2v) is 5.32. The minimum absolute atomic E-state index is 0. The maximum absolute atomic E-state index is 12.0. The summed E-state index contributed by atoms with van der Waals surface area (Å²) < 4.78 is 0. The van der Waals surface area contributed by atoms with Crippen molar-refractivity contribution in [2.24, 2.45) is 5.73 Å². The SMILES string of the molecule is CN1CCN(CCNC(=O)C(N)c2ccccc2)CC1.Cl.Cl.Cl. The van der Waals surface area contributed by atoms with Crippen LogP contribution in [0.2, 0.25) is 0 Å². The van der Waals surface area contributed by atoms with Crippen LogP contribution in [0.3, 0.4) is 0 Å². The minimum Gasteiger partial charge on any atom is -0.353 e. The van der Waals surface area contributed by atoms with Crippen molar-refractivity contribution in [2.75, 3.05) is 46.3 Å². The molecule has 5 nitrogen and oxygen atoms in total. The molecule has 134 valence electrons. The lowest BCUT2D eigenvalue weighted by Gasteiger charge is -2.32. The zero-order valence-electron chi connectivity index (χ0n) is 13.3. The normalized spacial score (nSPS) is 16.3. The number of hydrogen-bond acceptors (Lipinski definition) is 4. The molecule has 3 N–H and O–H groups in total. The average molecular weight is 386 g/mol. The van der Waals surface area contributed by atoms with Crippen molar-refractivity contribution < 1.29 is 4.79 Å². The van der Waals surface area contributed by atoms with Crippen molar-refractivity contribution in [1.82, 2.24) is 15.1 Å². The number of nitrogens with one attached hydrogen (secondary N) is 1. The molecule has 1 heterocycles. The van der Waals surface area contributed by atoms with Gasteiger partial charge < -0.3 is 16.0 Å². The Kier molecular flexibility index (Phi) is 13.8. The number of nitrogens with zero attached hydrogens (tertiary/aromatic N) is 2. The molecule has 1 aliphatic rings. The summed E-state index contributed by atoms with van der Waals surface area (Å²) in [4.78, 5) is 16.7. The van der Waals surface area contributed by atoms with Gasteiger partial charge in [-0.3, -0.25) is 9.69 Å². The molecule has 1 unspecified atom stereocenters. The van der Waals surface area contributed by atoms with E-state index in [1.54, 1.807) is 0 Å². The van der Waals surface area contributed by atoms with Crippen LogP contribution in [0.5, 0.6) is 0 Å². The number of halogens is 3. The fourth-order valence-corrected chi connectivity index (χ4v) is 2.33. The Hall–Kier alpha value is -0.560. The molecule has 1 fully saturated rings. The topological polar surface area (TPSA) is 61.6 Å². The third-order valence-electron chi connectivity index (χ3n) is 3.76. The second-order valence-electron chi connectivity index (χ2n) is 5.32. The van der Waals surface area contributed by atoms with E-state index in [1.165, 1.54) is 0 Å². The third kappa shape index (κ3) is 8.20. The highest BCUT2D eigenvalue weighted by atomic mass is 35.5. The first-order valence-corrected chi connectivity index (χ1v) is 7.16. The highest BCUT2D eigenvalue weighted by Gasteiger charge is 2.16. The maximum atomic E-state index is 12.0. The van der Waals surface area contributed by atoms with Crippen LogP contribution in [0.4, 0.5) is 0 Å². The molecule has 2 rings (SSSR count). The first-order chi connectivity index (χ1) is 9.66. The van der Waals surface area contributed by atoms with E-state index in [9.17, 15) is 4.79 Å². The van der Waals surface area contributed by atoms with Gasteiger partial charge in [0.2, 0.25) is 5.91 Å². The lowest BCUT2D eigenvalue weighted by atomic mass is 10.1. The summed E-state index contributed by atoms with van der Waals surface area (Å²) in [6.45, 7) is 5.87. The Balaban J connectivity index is 0. The summed E-state index contributed by atoms with van der Waals surface area (Å²) in [5.74, 6) is -0.106. The number of hydrogen-bond donors (Lipinski definition) is 2. The molecule has 1 atom stereocenters. The van der Waals surface area contributed by atoms with Gasteiger partial charge in [0.1, 0.15) is 6.04 Å². The number of carbonyl (C=O) groups is 1. The van der Waals surface area contributed by atoms with Crippen LogP contribution in [-0.4, -0.2) is 62.0 Å². The van der Waals surface area contributed by atoms with E-state index in [1.807, 2.05) is 30.3 Å². The van der Waals surface area contributed by atoms with Crippen LogP contribution >= 0.6 is 37.2 Å². The van der Waals surface area contributed by atoms with E-state index in [-0.39, 0.29) is 43.1 Å². The Morgan fingerprint density at radius 2 is 1.70 bits per heavy atom. The van der Waals surface area contributed by atoms with Gasteiger partial charge in [-0.15, -0.1) is 37.2 Å². The van der Waals surface area contributed by atoms with Gasteiger partial charge in [0.05, 0.1) is 0 Å². The molecular formula is C15H27Cl3N4O. The molecule has 0 radical (unpaired) electrons. The Morgan fingerprint density at radius 3 is 2.26 bits per heavy atom. The molecule has 1 aromatic carbocycles. The van der Waals surface area contributed by atoms with Gasteiger partial charge in [-0.25, -0.2) is 0 Å². The Bertz CT molecular complexity index is 428. The van der Waals surface area contributed by atoms with Crippen LogP contribution in [0, 0.1) is 0 Å². The van der Waals surface area contributed by atoms with Crippen molar-refractivity contribution in [3.8, 4) is 0 Å². The smallest absolute Gasteiger partial charge is 0.241 e. The van der Waals surface area contributed by atoms with Gasteiger partial charge in [0.15, 0.2) is 0 Å². The van der Waals surface area contributed by atoms with E-state index in [4.69, 9.17) is 5.73 Å². The first-order valence-electron chi connectivity index (χ1n) is 7.16. The van der Waals surface area contributed by atoms with Crippen LogP contribution < -0.4 is 11.1 Å². The van der Waals surface area contributed by atoms with Crippen molar-refractivity contribution in [2.45, 2.75) is 6.04 Å². The van der Waals surface area contributed by atoms with Crippen LogP contribution in [-0.2, 0) is 4.79 Å². The molecule has 1 saturated heterocycles. The Morgan fingerprint density at radius 1 is 1.13 bits per heavy atom. The molecule has 0 aromatic heterocycles. The zero-order chi connectivity index (χ0) is 14.4. The van der Waals surface area contributed by atoms with Gasteiger partial charge in [0.25, 0.3) is 0 Å². The molecule has 0 aliphatic carbocycles. The monoisotopic (exact) mass is 384 g/mol. The number of piperazine rings is 1. The molecular weight excluding hydrogens is 359 g/mol. The average Bonchev–Trinajstić information content (AvgIpc) is 2.49. The molecule has 1 aliphatic heterocycles. The summed E-state index contributed by atoms with van der Waals surface area (Å²) in [5, 5.41) is 2.92. The van der Waals surface area contributed by atoms with E-state index < -0.39 is 6.04 Å². The summed E-state index contributed by atoms with van der Waals surface area (Å²) in [6.07, 6.45) is 0. The number of rotatable bonds is 5. The van der Waals surface area contributed by atoms with E-state index >= 15 is 0 Å². The largest absolute Gasteiger partial charge is 0.353 e. The summed E-state index contributed by atoms with van der Waals surface area (Å²) >= 11 is 0. The fourth-order valence-electron chi connectivity index (χ4n) is 2.33. The molecule has 1 amide bonds. The summed E-state index contributed by atoms with van der Waals surface area (Å²) in [6, 6.07) is 8.89. The number of benzene rings is 1. The molecule has 0 saturated carbocycles. The first kappa shape index (κ1) is 24.7. The van der Waals surface area contributed by atoms with Gasteiger partial charge in [0, 0.05) is 39.3 Å². The quantitative estimate of drug-likeness (QED) is 0.802. The molecule has 8 heteroatoms. The predicted octanol–water partition coefficient (Wildman–Crippen LogP) is 1.32. The molecule has 23 heavy (non-hydrogen) atoms. The van der Waals surface area contributed by atoms with Crippen molar-refractivity contribution in [3.05, 3.63) is 35.9 Å². The standard InChI is InChI=1S/C15H24N4O.3ClH/c1-18-9-11-19(12-10-18)8-7-17-15(20)14(16)13-5-3-2-4-6-13;;;/h2-6,14H,7-12,16H2,1H3,(H,17,20);3*1H. The van der Waals surface area contributed by atoms with Gasteiger partial charge in [-0.1, -0.05) is 30.3 Å². The van der Waals surface area contributed by atoms with E-state index in [0.717, 1.165) is 38.3 Å². The van der Waals surface area contributed by atoms with Crippen LogP contribution in [0.25, 0.3) is 0 Å². The minimum atomic E-state index is -0.580. The van der Waals surface area contributed by atoms with Crippen molar-refractivity contribution in [3.63, 3.8) is 0 Å². The van der Waals surface area contributed by atoms with Crippen molar-refractivity contribution >= 4 is 43.1 Å². The van der Waals surface area contributed by atoms with E-state index in [2.05, 4.69) is 22.2 Å².